The van der Waals surface area contributed by atoms with E-state index in [1.807, 2.05) is 0 Å². The number of allylic oxidation sites excluding steroid dienone is 1. The molecule has 1 fully saturated rings. The third-order valence-electron chi connectivity index (χ3n) is 9.25. The smallest absolute Gasteiger partial charge is 0.311 e. The molecule has 0 N–H and O–H groups in total. The fraction of sp³-hybridized carbons (Fsp3) is 0.571. The lowest BCUT2D eigenvalue weighted by Gasteiger charge is -2.38. The molecule has 5 rings (SSSR count). The van der Waals surface area contributed by atoms with Crippen molar-refractivity contribution in [3.8, 4) is 11.5 Å². The predicted molar refractivity (Wildman–Crippen MR) is 160 cm³/mol. The summed E-state index contributed by atoms with van der Waals surface area (Å²) in [5.74, 6) is 1.42. The SMILES string of the molecule is CCCC(C)(c1ccccc1)c1cc(OC(=O)CCCN2CCCCCC2)c2c(c1)OC(C)(C)C1=C2CCC1. The highest BCUT2D eigenvalue weighted by molar-refractivity contribution is 5.85. The van der Waals surface area contributed by atoms with Gasteiger partial charge in [0.25, 0.3) is 0 Å². The van der Waals surface area contributed by atoms with Gasteiger partial charge < -0.3 is 14.4 Å². The minimum absolute atomic E-state index is 0.133. The summed E-state index contributed by atoms with van der Waals surface area (Å²) in [6.07, 6.45) is 11.7. The summed E-state index contributed by atoms with van der Waals surface area (Å²) in [5.41, 5.74) is 5.57. The molecule has 0 aromatic heterocycles. The Morgan fingerprint density at radius 1 is 1.00 bits per heavy atom. The van der Waals surface area contributed by atoms with E-state index in [4.69, 9.17) is 9.47 Å². The molecule has 4 heteroatoms. The maximum absolute atomic E-state index is 13.3. The van der Waals surface area contributed by atoms with E-state index in [-0.39, 0.29) is 17.0 Å². The zero-order chi connectivity index (χ0) is 27.5. The number of fused-ring (bicyclic) bond motifs is 2. The summed E-state index contributed by atoms with van der Waals surface area (Å²) in [6, 6.07) is 15.1. The molecule has 0 amide bonds. The van der Waals surface area contributed by atoms with E-state index < -0.39 is 0 Å². The zero-order valence-electron chi connectivity index (χ0n) is 24.6. The molecule has 0 saturated carbocycles. The lowest BCUT2D eigenvalue weighted by atomic mass is 9.72. The van der Waals surface area contributed by atoms with Gasteiger partial charge in [0.05, 0.1) is 5.56 Å². The molecule has 2 aromatic rings. The van der Waals surface area contributed by atoms with Crippen molar-refractivity contribution in [2.75, 3.05) is 19.6 Å². The van der Waals surface area contributed by atoms with Gasteiger partial charge in [-0.3, -0.25) is 4.79 Å². The van der Waals surface area contributed by atoms with Crippen LogP contribution in [0.25, 0.3) is 5.57 Å². The van der Waals surface area contributed by atoms with Gasteiger partial charge in [0, 0.05) is 11.8 Å². The van der Waals surface area contributed by atoms with E-state index in [0.29, 0.717) is 12.2 Å². The highest BCUT2D eigenvalue weighted by atomic mass is 16.5. The second kappa shape index (κ2) is 11.9. The molecule has 1 aliphatic carbocycles. The van der Waals surface area contributed by atoms with E-state index in [2.05, 4.69) is 75.1 Å². The molecule has 210 valence electrons. The Hall–Kier alpha value is -2.59. The number of carbonyl (C=O) groups is 1. The van der Waals surface area contributed by atoms with Crippen LogP contribution in [-0.2, 0) is 10.2 Å². The fourth-order valence-corrected chi connectivity index (χ4v) is 7.13. The van der Waals surface area contributed by atoms with Gasteiger partial charge in [-0.1, -0.05) is 63.4 Å². The van der Waals surface area contributed by atoms with Gasteiger partial charge in [0.15, 0.2) is 0 Å². The summed E-state index contributed by atoms with van der Waals surface area (Å²) in [6.45, 7) is 12.2. The van der Waals surface area contributed by atoms with Crippen molar-refractivity contribution >= 4 is 11.5 Å². The van der Waals surface area contributed by atoms with Crippen molar-refractivity contribution in [2.24, 2.45) is 0 Å². The van der Waals surface area contributed by atoms with E-state index in [1.165, 1.54) is 42.4 Å². The summed E-state index contributed by atoms with van der Waals surface area (Å²) in [4.78, 5) is 15.8. The molecule has 4 nitrogen and oxygen atoms in total. The van der Waals surface area contributed by atoms with E-state index in [0.717, 1.165) is 75.0 Å². The third-order valence-corrected chi connectivity index (χ3v) is 9.25. The molecule has 2 heterocycles. The summed E-state index contributed by atoms with van der Waals surface area (Å²) < 4.78 is 13.0. The first kappa shape index (κ1) is 28.0. The van der Waals surface area contributed by atoms with Crippen LogP contribution in [0.5, 0.6) is 11.5 Å². The van der Waals surface area contributed by atoms with Crippen LogP contribution in [0.1, 0.15) is 115 Å². The molecule has 3 aliphatic rings. The number of esters is 1. The van der Waals surface area contributed by atoms with E-state index in [9.17, 15) is 4.79 Å². The number of likely N-dealkylation sites (tertiary alicyclic amines) is 1. The molecule has 0 bridgehead atoms. The van der Waals surface area contributed by atoms with Crippen molar-refractivity contribution < 1.29 is 14.3 Å². The van der Waals surface area contributed by atoms with Crippen LogP contribution < -0.4 is 9.47 Å². The molecule has 1 saturated heterocycles. The number of ether oxygens (including phenoxy) is 2. The van der Waals surface area contributed by atoms with Crippen LogP contribution in [0.15, 0.2) is 48.0 Å². The lowest BCUT2D eigenvalue weighted by molar-refractivity contribution is -0.134. The Labute approximate surface area is 235 Å². The van der Waals surface area contributed by atoms with Crippen LogP contribution in [0, 0.1) is 0 Å². The first-order valence-corrected chi connectivity index (χ1v) is 15.4. The molecule has 2 aromatic carbocycles. The predicted octanol–water partition coefficient (Wildman–Crippen LogP) is 8.46. The minimum atomic E-state index is -0.347. The van der Waals surface area contributed by atoms with E-state index >= 15 is 0 Å². The topological polar surface area (TPSA) is 38.8 Å². The van der Waals surface area contributed by atoms with Gasteiger partial charge in [-0.15, -0.1) is 0 Å². The van der Waals surface area contributed by atoms with Gasteiger partial charge in [0.1, 0.15) is 17.1 Å². The number of benzene rings is 2. The number of hydrogen-bond donors (Lipinski definition) is 0. The summed E-state index contributed by atoms with van der Waals surface area (Å²) >= 11 is 0. The Bertz CT molecular complexity index is 1190. The largest absolute Gasteiger partial charge is 0.483 e. The molecular weight excluding hydrogens is 482 g/mol. The molecular formula is C35H47NO3. The second-order valence-corrected chi connectivity index (χ2v) is 12.6. The van der Waals surface area contributed by atoms with Crippen molar-refractivity contribution in [1.82, 2.24) is 4.90 Å². The van der Waals surface area contributed by atoms with Gasteiger partial charge in [-0.05, 0) is 113 Å². The highest BCUT2D eigenvalue weighted by Crippen LogP contribution is 2.53. The molecule has 2 aliphatic heterocycles. The molecule has 39 heavy (non-hydrogen) atoms. The lowest BCUT2D eigenvalue weighted by Crippen LogP contribution is -2.34. The van der Waals surface area contributed by atoms with Crippen LogP contribution in [0.3, 0.4) is 0 Å². The zero-order valence-corrected chi connectivity index (χ0v) is 24.6. The minimum Gasteiger partial charge on any atom is -0.483 e. The van der Waals surface area contributed by atoms with Crippen LogP contribution in [-0.4, -0.2) is 36.1 Å². The van der Waals surface area contributed by atoms with Gasteiger partial charge in [-0.25, -0.2) is 0 Å². The first-order chi connectivity index (χ1) is 18.8. The monoisotopic (exact) mass is 529 g/mol. The first-order valence-electron chi connectivity index (χ1n) is 15.4. The summed E-state index contributed by atoms with van der Waals surface area (Å²) in [5, 5.41) is 0. The Kier molecular flexibility index (Phi) is 8.52. The van der Waals surface area contributed by atoms with Crippen LogP contribution >= 0.6 is 0 Å². The van der Waals surface area contributed by atoms with Crippen LogP contribution in [0.2, 0.25) is 0 Å². The molecule has 1 atom stereocenters. The molecule has 1 unspecified atom stereocenters. The Balaban J connectivity index is 1.47. The van der Waals surface area contributed by atoms with Gasteiger partial charge >= 0.3 is 5.97 Å². The standard InChI is InChI=1S/C35H47NO3/c1-5-20-35(4,26-15-9-8-10-16-26)27-24-30(38-32(37)19-14-23-36-21-11-6-7-12-22-36)33-28-17-13-18-29(28)34(2,3)39-31(33)25-27/h8-10,15-16,24-25H,5-7,11-14,17-23H2,1-4H3. The van der Waals surface area contributed by atoms with Gasteiger partial charge in [-0.2, -0.15) is 0 Å². The maximum Gasteiger partial charge on any atom is 0.311 e. The summed E-state index contributed by atoms with van der Waals surface area (Å²) in [7, 11) is 0. The fourth-order valence-electron chi connectivity index (χ4n) is 7.13. The molecule has 0 spiro atoms. The highest BCUT2D eigenvalue weighted by Gasteiger charge is 2.40. The number of rotatable bonds is 9. The number of hydrogen-bond acceptors (Lipinski definition) is 4. The van der Waals surface area contributed by atoms with Crippen molar-refractivity contribution in [3.63, 3.8) is 0 Å². The Morgan fingerprint density at radius 2 is 1.74 bits per heavy atom. The van der Waals surface area contributed by atoms with Crippen LogP contribution in [0.4, 0.5) is 0 Å². The van der Waals surface area contributed by atoms with Crippen molar-refractivity contribution in [3.05, 3.63) is 64.7 Å². The number of carbonyl (C=O) groups excluding carboxylic acids is 1. The number of nitrogens with zero attached hydrogens (tertiary/aromatic N) is 1. The van der Waals surface area contributed by atoms with Crippen molar-refractivity contribution in [1.29, 1.82) is 0 Å². The van der Waals surface area contributed by atoms with Gasteiger partial charge in [0.2, 0.25) is 0 Å². The quantitative estimate of drug-likeness (QED) is 0.241. The average molecular weight is 530 g/mol. The van der Waals surface area contributed by atoms with Crippen molar-refractivity contribution in [2.45, 2.75) is 109 Å². The van der Waals surface area contributed by atoms with E-state index in [1.54, 1.807) is 0 Å². The Morgan fingerprint density at radius 3 is 2.46 bits per heavy atom. The average Bonchev–Trinajstić information content (AvgIpc) is 3.28. The maximum atomic E-state index is 13.3. The second-order valence-electron chi connectivity index (χ2n) is 12.6. The third kappa shape index (κ3) is 5.96. The normalized spacial score (nSPS) is 20.4. The molecule has 0 radical (unpaired) electrons.